The van der Waals surface area contributed by atoms with Gasteiger partial charge in [-0.15, -0.1) is 24.0 Å². The van der Waals surface area contributed by atoms with Gasteiger partial charge in [0.25, 0.3) is 0 Å². The molecule has 0 aromatic carbocycles. The summed E-state index contributed by atoms with van der Waals surface area (Å²) >= 11 is 0. The molecule has 0 radical (unpaired) electrons. The van der Waals surface area contributed by atoms with E-state index in [4.69, 9.17) is 9.47 Å². The quantitative estimate of drug-likeness (QED) is 0.202. The Labute approximate surface area is 181 Å². The van der Waals surface area contributed by atoms with Crippen LogP contribution in [-0.2, 0) is 22.9 Å². The topological polar surface area (TPSA) is 72.7 Å². The summed E-state index contributed by atoms with van der Waals surface area (Å²) in [4.78, 5) is 4.28. The van der Waals surface area contributed by atoms with E-state index in [1.165, 1.54) is 11.3 Å². The number of aryl methyl sites for hydroxylation is 2. The Morgan fingerprint density at radius 2 is 1.85 bits per heavy atom. The third kappa shape index (κ3) is 10.3. The second-order valence-electron chi connectivity index (χ2n) is 6.60. The standard InChI is InChI=1S/C19H37N5O2.HI/c1-7-8-10-25-12-13-26-11-9-21-19(20-5)22-15(2)14-18-16(3)23-24(6)17(18)4;/h15H,7-14H2,1-6H3,(H2,20,21,22);1H. The summed E-state index contributed by atoms with van der Waals surface area (Å²) in [5.74, 6) is 0.791. The highest BCUT2D eigenvalue weighted by molar-refractivity contribution is 14.0. The summed E-state index contributed by atoms with van der Waals surface area (Å²) in [5.41, 5.74) is 3.61. The SMILES string of the molecule is CCCCOCCOCCNC(=NC)NC(C)Cc1c(C)nn(C)c1C.I. The lowest BCUT2D eigenvalue weighted by molar-refractivity contribution is 0.0487. The molecule has 7 nitrogen and oxygen atoms in total. The van der Waals surface area contributed by atoms with Crippen LogP contribution in [0, 0.1) is 13.8 Å². The molecule has 1 aromatic heterocycles. The highest BCUT2D eigenvalue weighted by Crippen LogP contribution is 2.14. The van der Waals surface area contributed by atoms with Crippen LogP contribution in [0.5, 0.6) is 0 Å². The monoisotopic (exact) mass is 495 g/mol. The van der Waals surface area contributed by atoms with E-state index in [0.717, 1.165) is 37.5 Å². The van der Waals surface area contributed by atoms with Crippen molar-refractivity contribution in [2.45, 2.75) is 53.0 Å². The molecule has 158 valence electrons. The first-order valence-electron chi connectivity index (χ1n) is 9.61. The van der Waals surface area contributed by atoms with Crippen molar-refractivity contribution in [2.24, 2.45) is 12.0 Å². The Morgan fingerprint density at radius 1 is 1.19 bits per heavy atom. The first-order valence-corrected chi connectivity index (χ1v) is 9.61. The second kappa shape index (κ2) is 15.1. The molecule has 1 rings (SSSR count). The van der Waals surface area contributed by atoms with Crippen LogP contribution in [-0.4, -0.2) is 61.8 Å². The molecule has 0 saturated heterocycles. The highest BCUT2D eigenvalue weighted by atomic mass is 127. The van der Waals surface area contributed by atoms with Gasteiger partial charge in [-0.2, -0.15) is 5.10 Å². The summed E-state index contributed by atoms with van der Waals surface area (Å²) < 4.78 is 13.0. The normalized spacial score (nSPS) is 12.6. The van der Waals surface area contributed by atoms with E-state index in [-0.39, 0.29) is 30.0 Å². The van der Waals surface area contributed by atoms with Crippen LogP contribution in [0.15, 0.2) is 4.99 Å². The van der Waals surface area contributed by atoms with Crippen molar-refractivity contribution < 1.29 is 9.47 Å². The second-order valence-corrected chi connectivity index (χ2v) is 6.60. The highest BCUT2D eigenvalue weighted by Gasteiger charge is 2.13. The molecule has 0 amide bonds. The molecular formula is C19H38IN5O2. The van der Waals surface area contributed by atoms with E-state index in [0.29, 0.717) is 26.4 Å². The fourth-order valence-electron chi connectivity index (χ4n) is 2.71. The number of nitrogens with one attached hydrogen (secondary N) is 2. The summed E-state index contributed by atoms with van der Waals surface area (Å²) in [6.07, 6.45) is 3.19. The Bertz CT molecular complexity index is 548. The molecule has 0 aliphatic heterocycles. The number of guanidine groups is 1. The van der Waals surface area contributed by atoms with Crippen LogP contribution >= 0.6 is 24.0 Å². The van der Waals surface area contributed by atoms with E-state index >= 15 is 0 Å². The minimum absolute atomic E-state index is 0. The molecule has 1 aromatic rings. The molecule has 1 unspecified atom stereocenters. The van der Waals surface area contributed by atoms with Crippen molar-refractivity contribution in [1.82, 2.24) is 20.4 Å². The van der Waals surface area contributed by atoms with Gasteiger partial charge in [0.05, 0.1) is 25.5 Å². The Morgan fingerprint density at radius 3 is 2.41 bits per heavy atom. The number of unbranched alkanes of at least 4 members (excludes halogenated alkanes) is 1. The molecule has 2 N–H and O–H groups in total. The zero-order valence-electron chi connectivity index (χ0n) is 17.8. The van der Waals surface area contributed by atoms with Crippen LogP contribution < -0.4 is 10.6 Å². The summed E-state index contributed by atoms with van der Waals surface area (Å²) in [7, 11) is 3.77. The van der Waals surface area contributed by atoms with Gasteiger partial charge in [0.1, 0.15) is 0 Å². The van der Waals surface area contributed by atoms with Crippen LogP contribution in [0.3, 0.4) is 0 Å². The summed E-state index contributed by atoms with van der Waals surface area (Å²) in [6.45, 7) is 11.9. The third-order valence-electron chi connectivity index (χ3n) is 4.33. The van der Waals surface area contributed by atoms with E-state index < -0.39 is 0 Å². The number of hydrogen-bond acceptors (Lipinski definition) is 4. The Hall–Kier alpha value is -0.870. The van der Waals surface area contributed by atoms with Gasteiger partial charge in [-0.3, -0.25) is 9.67 Å². The summed E-state index contributed by atoms with van der Waals surface area (Å²) in [6, 6.07) is 0.260. The predicted molar refractivity (Wildman–Crippen MR) is 122 cm³/mol. The fraction of sp³-hybridized carbons (Fsp3) is 0.789. The number of ether oxygens (including phenoxy) is 2. The summed E-state index contributed by atoms with van der Waals surface area (Å²) in [5, 5.41) is 11.2. The van der Waals surface area contributed by atoms with Crippen molar-refractivity contribution >= 4 is 29.9 Å². The van der Waals surface area contributed by atoms with Crippen LogP contribution in [0.25, 0.3) is 0 Å². The lowest BCUT2D eigenvalue weighted by atomic mass is 10.1. The largest absolute Gasteiger partial charge is 0.379 e. The lowest BCUT2D eigenvalue weighted by Crippen LogP contribution is -2.44. The molecule has 1 atom stereocenters. The predicted octanol–water partition coefficient (Wildman–Crippen LogP) is 2.58. The molecule has 27 heavy (non-hydrogen) atoms. The minimum Gasteiger partial charge on any atom is -0.379 e. The maximum Gasteiger partial charge on any atom is 0.191 e. The number of aromatic nitrogens is 2. The number of halogens is 1. The smallest absolute Gasteiger partial charge is 0.191 e. The van der Waals surface area contributed by atoms with Crippen molar-refractivity contribution in [2.75, 3.05) is 40.0 Å². The van der Waals surface area contributed by atoms with Gasteiger partial charge < -0.3 is 20.1 Å². The number of rotatable bonds is 12. The van der Waals surface area contributed by atoms with Gasteiger partial charge in [-0.05, 0) is 39.2 Å². The average molecular weight is 495 g/mol. The Kier molecular flexibility index (Phi) is 14.6. The average Bonchev–Trinajstić information content (AvgIpc) is 2.85. The molecule has 0 aliphatic rings. The van der Waals surface area contributed by atoms with Gasteiger partial charge in [-0.1, -0.05) is 13.3 Å². The molecular weight excluding hydrogens is 457 g/mol. The number of aliphatic imine (C=N–C) groups is 1. The van der Waals surface area contributed by atoms with Gasteiger partial charge in [0, 0.05) is 39.0 Å². The molecule has 0 saturated carbocycles. The van der Waals surface area contributed by atoms with Gasteiger partial charge >= 0.3 is 0 Å². The van der Waals surface area contributed by atoms with Gasteiger partial charge in [-0.25, -0.2) is 0 Å². The van der Waals surface area contributed by atoms with Crippen LogP contribution in [0.1, 0.15) is 43.6 Å². The molecule has 0 bridgehead atoms. The number of hydrogen-bond donors (Lipinski definition) is 2. The first-order chi connectivity index (χ1) is 12.5. The van der Waals surface area contributed by atoms with Crippen LogP contribution in [0.2, 0.25) is 0 Å². The van der Waals surface area contributed by atoms with E-state index in [9.17, 15) is 0 Å². The molecule has 0 aliphatic carbocycles. The first kappa shape index (κ1) is 26.1. The number of nitrogens with zero attached hydrogens (tertiary/aromatic N) is 3. The molecule has 0 fully saturated rings. The van der Waals surface area contributed by atoms with E-state index in [2.05, 4.69) is 48.4 Å². The Balaban J connectivity index is 0.00000676. The van der Waals surface area contributed by atoms with E-state index in [1.807, 2.05) is 11.7 Å². The van der Waals surface area contributed by atoms with Crippen molar-refractivity contribution in [3.05, 3.63) is 17.0 Å². The van der Waals surface area contributed by atoms with Crippen molar-refractivity contribution in [1.29, 1.82) is 0 Å². The molecule has 0 spiro atoms. The third-order valence-corrected chi connectivity index (χ3v) is 4.33. The van der Waals surface area contributed by atoms with Crippen molar-refractivity contribution in [3.8, 4) is 0 Å². The minimum atomic E-state index is 0. The zero-order valence-corrected chi connectivity index (χ0v) is 20.1. The maximum atomic E-state index is 5.56. The van der Waals surface area contributed by atoms with E-state index in [1.54, 1.807) is 7.05 Å². The van der Waals surface area contributed by atoms with Gasteiger partial charge in [0.15, 0.2) is 5.96 Å². The lowest BCUT2D eigenvalue weighted by Gasteiger charge is -2.18. The molecule has 8 heteroatoms. The maximum absolute atomic E-state index is 5.56. The zero-order chi connectivity index (χ0) is 19.4. The molecule has 1 heterocycles. The van der Waals surface area contributed by atoms with Gasteiger partial charge in [0.2, 0.25) is 0 Å². The van der Waals surface area contributed by atoms with Crippen LogP contribution in [0.4, 0.5) is 0 Å². The van der Waals surface area contributed by atoms with Crippen molar-refractivity contribution in [3.63, 3.8) is 0 Å². The fourth-order valence-corrected chi connectivity index (χ4v) is 2.71.